The Balaban J connectivity index is 1.89. The molecule has 1 heterocycles. The van der Waals surface area contributed by atoms with Gasteiger partial charge in [0, 0.05) is 19.1 Å². The Hall–Kier alpha value is -1.13. The standard InChI is InChI=1S/C14H23N3O3S/c1-2-21(19,20)17-9-5-12(6-10-17)16-13(18)14(11-15)7-3-4-8-14/h12H,2-10H2,1H3,(H,16,18). The summed E-state index contributed by atoms with van der Waals surface area (Å²) in [6.45, 7) is 2.53. The highest BCUT2D eigenvalue weighted by molar-refractivity contribution is 7.89. The van der Waals surface area contributed by atoms with Crippen LogP contribution in [0.15, 0.2) is 0 Å². The number of rotatable bonds is 4. The molecule has 1 aliphatic carbocycles. The van der Waals surface area contributed by atoms with Gasteiger partial charge in [-0.25, -0.2) is 12.7 Å². The van der Waals surface area contributed by atoms with Crippen molar-refractivity contribution in [2.24, 2.45) is 5.41 Å². The van der Waals surface area contributed by atoms with Crippen molar-refractivity contribution in [1.29, 1.82) is 5.26 Å². The monoisotopic (exact) mass is 313 g/mol. The molecule has 1 amide bonds. The summed E-state index contributed by atoms with van der Waals surface area (Å²) in [7, 11) is -3.14. The number of hydrogen-bond donors (Lipinski definition) is 1. The van der Waals surface area contributed by atoms with Crippen LogP contribution in [0.5, 0.6) is 0 Å². The van der Waals surface area contributed by atoms with Crippen molar-refractivity contribution in [3.63, 3.8) is 0 Å². The molecule has 2 fully saturated rings. The fraction of sp³-hybridized carbons (Fsp3) is 0.857. The normalized spacial score (nSPS) is 23.6. The van der Waals surface area contributed by atoms with Crippen LogP contribution in [0.25, 0.3) is 0 Å². The minimum absolute atomic E-state index is 0.0216. The molecule has 0 atom stereocenters. The molecular weight excluding hydrogens is 290 g/mol. The van der Waals surface area contributed by atoms with Gasteiger partial charge in [-0.3, -0.25) is 4.79 Å². The van der Waals surface area contributed by atoms with E-state index in [1.165, 1.54) is 4.31 Å². The van der Waals surface area contributed by atoms with E-state index in [1.807, 2.05) is 0 Å². The molecule has 1 saturated heterocycles. The highest BCUT2D eigenvalue weighted by Gasteiger charge is 2.42. The molecule has 0 aromatic rings. The van der Waals surface area contributed by atoms with Crippen LogP contribution in [0.3, 0.4) is 0 Å². The molecule has 2 aliphatic rings. The maximum atomic E-state index is 12.3. The third-order valence-electron chi connectivity index (χ3n) is 4.65. The SMILES string of the molecule is CCS(=O)(=O)N1CCC(NC(=O)C2(C#N)CCCC2)CC1. The lowest BCUT2D eigenvalue weighted by atomic mass is 9.86. The molecule has 7 heteroatoms. The number of carbonyl (C=O) groups is 1. The van der Waals surface area contributed by atoms with E-state index in [-0.39, 0.29) is 17.7 Å². The van der Waals surface area contributed by atoms with Gasteiger partial charge in [0.25, 0.3) is 0 Å². The molecule has 0 unspecified atom stereocenters. The maximum absolute atomic E-state index is 12.3. The third kappa shape index (κ3) is 3.38. The third-order valence-corrected chi connectivity index (χ3v) is 6.53. The van der Waals surface area contributed by atoms with Crippen LogP contribution in [0.2, 0.25) is 0 Å². The molecule has 1 N–H and O–H groups in total. The Morgan fingerprint density at radius 1 is 1.33 bits per heavy atom. The fourth-order valence-electron chi connectivity index (χ4n) is 3.15. The highest BCUT2D eigenvalue weighted by Crippen LogP contribution is 2.37. The van der Waals surface area contributed by atoms with Crippen molar-refractivity contribution in [2.45, 2.75) is 51.5 Å². The predicted molar refractivity (Wildman–Crippen MR) is 78.7 cm³/mol. The topological polar surface area (TPSA) is 90.3 Å². The fourth-order valence-corrected chi connectivity index (χ4v) is 4.28. The molecule has 21 heavy (non-hydrogen) atoms. The van der Waals surface area contributed by atoms with Gasteiger partial charge in [0.2, 0.25) is 15.9 Å². The first-order valence-corrected chi connectivity index (χ1v) is 9.24. The molecule has 0 aromatic heterocycles. The van der Waals surface area contributed by atoms with Crippen LogP contribution in [0.4, 0.5) is 0 Å². The van der Waals surface area contributed by atoms with Gasteiger partial charge < -0.3 is 5.32 Å². The molecule has 1 saturated carbocycles. The van der Waals surface area contributed by atoms with Crippen LogP contribution in [-0.2, 0) is 14.8 Å². The smallest absolute Gasteiger partial charge is 0.240 e. The number of nitrogens with zero attached hydrogens (tertiary/aromatic N) is 2. The molecule has 0 radical (unpaired) electrons. The van der Waals surface area contributed by atoms with Crippen LogP contribution in [-0.4, -0.2) is 43.5 Å². The second-order valence-corrected chi connectivity index (χ2v) is 8.21. The van der Waals surface area contributed by atoms with E-state index in [0.29, 0.717) is 38.8 Å². The van der Waals surface area contributed by atoms with Crippen molar-refractivity contribution in [3.05, 3.63) is 0 Å². The summed E-state index contributed by atoms with van der Waals surface area (Å²) in [5.74, 6) is -0.0546. The summed E-state index contributed by atoms with van der Waals surface area (Å²) in [4.78, 5) is 12.3. The average molecular weight is 313 g/mol. The zero-order valence-electron chi connectivity index (χ0n) is 12.5. The number of amides is 1. The first-order valence-electron chi connectivity index (χ1n) is 7.63. The predicted octanol–water partition coefficient (Wildman–Crippen LogP) is 1.00. The maximum Gasteiger partial charge on any atom is 0.240 e. The van der Waals surface area contributed by atoms with Crippen molar-refractivity contribution in [3.8, 4) is 6.07 Å². The second kappa shape index (κ2) is 6.32. The summed E-state index contributed by atoms with van der Waals surface area (Å²) in [5, 5.41) is 12.3. The van der Waals surface area contributed by atoms with Gasteiger partial charge in [-0.05, 0) is 32.6 Å². The van der Waals surface area contributed by atoms with Crippen LogP contribution in [0.1, 0.15) is 45.4 Å². The van der Waals surface area contributed by atoms with E-state index in [9.17, 15) is 18.5 Å². The lowest BCUT2D eigenvalue weighted by molar-refractivity contribution is -0.128. The minimum Gasteiger partial charge on any atom is -0.352 e. The largest absolute Gasteiger partial charge is 0.352 e. The van der Waals surface area contributed by atoms with Gasteiger partial charge in [-0.1, -0.05) is 12.8 Å². The molecule has 118 valence electrons. The van der Waals surface area contributed by atoms with E-state index in [1.54, 1.807) is 6.92 Å². The minimum atomic E-state index is -3.14. The zero-order chi connectivity index (χ0) is 15.5. The first-order chi connectivity index (χ1) is 9.93. The highest BCUT2D eigenvalue weighted by atomic mass is 32.2. The quantitative estimate of drug-likeness (QED) is 0.838. The summed E-state index contributed by atoms with van der Waals surface area (Å²) < 4.78 is 25.1. The van der Waals surface area contributed by atoms with Gasteiger partial charge in [0.1, 0.15) is 5.41 Å². The molecule has 1 aliphatic heterocycles. The van der Waals surface area contributed by atoms with Crippen LogP contribution in [0, 0.1) is 16.7 Å². The van der Waals surface area contributed by atoms with E-state index >= 15 is 0 Å². The summed E-state index contributed by atoms with van der Waals surface area (Å²) >= 11 is 0. The Morgan fingerprint density at radius 2 is 1.90 bits per heavy atom. The Kier molecular flexibility index (Phi) is 4.89. The van der Waals surface area contributed by atoms with E-state index < -0.39 is 15.4 Å². The summed E-state index contributed by atoms with van der Waals surface area (Å²) in [5.41, 5.74) is -0.855. The van der Waals surface area contributed by atoms with Gasteiger partial charge in [-0.2, -0.15) is 5.26 Å². The van der Waals surface area contributed by atoms with Crippen LogP contribution >= 0.6 is 0 Å². The average Bonchev–Trinajstić information content (AvgIpc) is 2.98. The number of sulfonamides is 1. The van der Waals surface area contributed by atoms with E-state index in [2.05, 4.69) is 11.4 Å². The van der Waals surface area contributed by atoms with Gasteiger partial charge in [-0.15, -0.1) is 0 Å². The number of nitrogens with one attached hydrogen (secondary N) is 1. The molecule has 0 aromatic carbocycles. The molecule has 2 rings (SSSR count). The summed E-state index contributed by atoms with van der Waals surface area (Å²) in [6.07, 6.45) is 4.36. The second-order valence-electron chi connectivity index (χ2n) is 5.95. The molecule has 0 bridgehead atoms. The van der Waals surface area contributed by atoms with Crippen molar-refractivity contribution >= 4 is 15.9 Å². The van der Waals surface area contributed by atoms with Gasteiger partial charge in [0.15, 0.2) is 0 Å². The van der Waals surface area contributed by atoms with Crippen molar-refractivity contribution < 1.29 is 13.2 Å². The Labute approximate surface area is 126 Å². The van der Waals surface area contributed by atoms with E-state index in [0.717, 1.165) is 12.8 Å². The molecule has 0 spiro atoms. The lowest BCUT2D eigenvalue weighted by Gasteiger charge is -2.32. The number of piperidine rings is 1. The van der Waals surface area contributed by atoms with Gasteiger partial charge in [0.05, 0.1) is 11.8 Å². The molecule has 6 nitrogen and oxygen atoms in total. The van der Waals surface area contributed by atoms with E-state index in [4.69, 9.17) is 0 Å². The van der Waals surface area contributed by atoms with Crippen molar-refractivity contribution in [1.82, 2.24) is 9.62 Å². The van der Waals surface area contributed by atoms with Gasteiger partial charge >= 0.3 is 0 Å². The first kappa shape index (κ1) is 16.2. The Morgan fingerprint density at radius 3 is 2.38 bits per heavy atom. The van der Waals surface area contributed by atoms with Crippen molar-refractivity contribution in [2.75, 3.05) is 18.8 Å². The Bertz CT molecular complexity index is 524. The number of carbonyl (C=O) groups excluding carboxylic acids is 1. The molecular formula is C14H23N3O3S. The van der Waals surface area contributed by atoms with Crippen LogP contribution < -0.4 is 5.32 Å². The number of nitriles is 1. The lowest BCUT2D eigenvalue weighted by Crippen LogP contribution is -2.50. The number of hydrogen-bond acceptors (Lipinski definition) is 4. The zero-order valence-corrected chi connectivity index (χ0v) is 13.3. The summed E-state index contributed by atoms with van der Waals surface area (Å²) in [6, 6.07) is 2.17.